The van der Waals surface area contributed by atoms with Gasteiger partial charge in [0.1, 0.15) is 24.7 Å². The van der Waals surface area contributed by atoms with Gasteiger partial charge in [-0.3, -0.25) is 9.59 Å². The van der Waals surface area contributed by atoms with Crippen molar-refractivity contribution in [3.63, 3.8) is 0 Å². The lowest BCUT2D eigenvalue weighted by molar-refractivity contribution is -0.139. The number of amides is 1. The summed E-state index contributed by atoms with van der Waals surface area (Å²) in [5.41, 5.74) is 2.00. The van der Waals surface area contributed by atoms with Crippen LogP contribution in [0.15, 0.2) is 78.4 Å². The molecule has 2 aliphatic rings. The second-order valence-corrected chi connectivity index (χ2v) is 8.18. The van der Waals surface area contributed by atoms with Gasteiger partial charge in [0.05, 0.1) is 11.6 Å². The van der Waals surface area contributed by atoms with E-state index in [1.807, 2.05) is 30.3 Å². The smallest absolute Gasteiger partial charge is 0.295 e. The highest BCUT2D eigenvalue weighted by molar-refractivity contribution is 6.46. The van der Waals surface area contributed by atoms with Crippen LogP contribution >= 0.6 is 0 Å². The van der Waals surface area contributed by atoms with Crippen molar-refractivity contribution in [3.8, 4) is 17.2 Å². The maximum Gasteiger partial charge on any atom is 0.295 e. The van der Waals surface area contributed by atoms with E-state index in [0.717, 1.165) is 5.56 Å². The molecule has 3 aromatic rings. The van der Waals surface area contributed by atoms with Gasteiger partial charge in [-0.25, -0.2) is 0 Å². The molecule has 0 aliphatic carbocycles. The number of phenols is 1. The van der Waals surface area contributed by atoms with Crippen molar-refractivity contribution in [3.05, 3.63) is 95.1 Å². The van der Waals surface area contributed by atoms with Crippen LogP contribution in [-0.2, 0) is 16.0 Å². The third kappa shape index (κ3) is 3.96. The fourth-order valence-corrected chi connectivity index (χ4v) is 4.35. The van der Waals surface area contributed by atoms with E-state index < -0.39 is 17.7 Å². The number of aromatic hydroxyl groups is 1. The van der Waals surface area contributed by atoms with Crippen molar-refractivity contribution in [1.29, 1.82) is 0 Å². The van der Waals surface area contributed by atoms with Gasteiger partial charge in [0.2, 0.25) is 0 Å². The van der Waals surface area contributed by atoms with Crippen molar-refractivity contribution in [2.24, 2.45) is 0 Å². The zero-order chi connectivity index (χ0) is 23.7. The Morgan fingerprint density at radius 1 is 0.912 bits per heavy atom. The number of ketones is 1. The van der Waals surface area contributed by atoms with Crippen LogP contribution in [0.5, 0.6) is 17.2 Å². The van der Waals surface area contributed by atoms with Gasteiger partial charge in [0.15, 0.2) is 11.5 Å². The largest absolute Gasteiger partial charge is 0.508 e. The van der Waals surface area contributed by atoms with Crippen LogP contribution in [0.2, 0.25) is 0 Å². The molecule has 0 spiro atoms. The third-order valence-corrected chi connectivity index (χ3v) is 6.05. The Morgan fingerprint density at radius 2 is 1.62 bits per heavy atom. The summed E-state index contributed by atoms with van der Waals surface area (Å²) in [5, 5.41) is 21.0. The zero-order valence-electron chi connectivity index (χ0n) is 18.3. The van der Waals surface area contributed by atoms with Gasteiger partial charge in [-0.2, -0.15) is 0 Å². The third-order valence-electron chi connectivity index (χ3n) is 6.05. The summed E-state index contributed by atoms with van der Waals surface area (Å²) in [6.45, 7) is 1.11. The van der Waals surface area contributed by atoms with E-state index in [4.69, 9.17) is 9.47 Å². The van der Waals surface area contributed by atoms with Crippen LogP contribution in [0, 0.1) is 0 Å². The Balaban J connectivity index is 1.57. The molecule has 172 valence electrons. The number of fused-ring (bicyclic) bond motifs is 1. The summed E-state index contributed by atoms with van der Waals surface area (Å²) in [5.74, 6) is -0.616. The van der Waals surface area contributed by atoms with Crippen molar-refractivity contribution < 1.29 is 29.3 Å². The molecule has 7 heteroatoms. The van der Waals surface area contributed by atoms with E-state index in [0.29, 0.717) is 42.3 Å². The van der Waals surface area contributed by atoms with Gasteiger partial charge in [-0.1, -0.05) is 42.5 Å². The average molecular weight is 457 g/mol. The van der Waals surface area contributed by atoms with Gasteiger partial charge in [-0.15, -0.1) is 0 Å². The number of likely N-dealkylation sites (tertiary alicyclic amines) is 1. The summed E-state index contributed by atoms with van der Waals surface area (Å²) in [6, 6.07) is 20.1. The molecule has 0 saturated carbocycles. The molecule has 2 heterocycles. The van der Waals surface area contributed by atoms with Crippen molar-refractivity contribution >= 4 is 17.4 Å². The number of benzene rings is 3. The first-order valence-corrected chi connectivity index (χ1v) is 11.0. The molecule has 0 unspecified atom stereocenters. The van der Waals surface area contributed by atoms with Crippen molar-refractivity contribution in [2.75, 3.05) is 19.8 Å². The minimum Gasteiger partial charge on any atom is -0.508 e. The lowest BCUT2D eigenvalue weighted by Crippen LogP contribution is -2.31. The molecule has 7 nitrogen and oxygen atoms in total. The van der Waals surface area contributed by atoms with Gasteiger partial charge in [0, 0.05) is 12.1 Å². The van der Waals surface area contributed by atoms with Crippen LogP contribution in [-0.4, -0.2) is 46.6 Å². The Bertz CT molecular complexity index is 1270. The monoisotopic (exact) mass is 457 g/mol. The van der Waals surface area contributed by atoms with E-state index in [-0.39, 0.29) is 23.6 Å². The van der Waals surface area contributed by atoms with E-state index >= 15 is 0 Å². The molecular weight excluding hydrogens is 434 g/mol. The normalized spacial score (nSPS) is 18.8. The van der Waals surface area contributed by atoms with E-state index in [9.17, 15) is 19.8 Å². The molecule has 2 aliphatic heterocycles. The molecule has 0 bridgehead atoms. The second kappa shape index (κ2) is 8.94. The summed E-state index contributed by atoms with van der Waals surface area (Å²) in [7, 11) is 0. The number of rotatable bonds is 5. The first-order chi connectivity index (χ1) is 16.5. The molecule has 3 aromatic carbocycles. The van der Waals surface area contributed by atoms with E-state index in [1.54, 1.807) is 30.3 Å². The molecular formula is C27H23NO6. The highest BCUT2D eigenvalue weighted by Crippen LogP contribution is 2.41. The van der Waals surface area contributed by atoms with Gasteiger partial charge >= 0.3 is 0 Å². The molecule has 0 aromatic heterocycles. The molecule has 1 fully saturated rings. The lowest BCUT2D eigenvalue weighted by Gasteiger charge is -2.25. The molecule has 2 N–H and O–H groups in total. The van der Waals surface area contributed by atoms with Crippen LogP contribution in [0.1, 0.15) is 22.7 Å². The van der Waals surface area contributed by atoms with Gasteiger partial charge in [0.25, 0.3) is 11.7 Å². The predicted octanol–water partition coefficient (Wildman–Crippen LogP) is 3.83. The predicted molar refractivity (Wildman–Crippen MR) is 125 cm³/mol. The summed E-state index contributed by atoms with van der Waals surface area (Å²) in [4.78, 5) is 27.7. The van der Waals surface area contributed by atoms with E-state index in [1.165, 1.54) is 17.0 Å². The Labute approximate surface area is 196 Å². The minimum atomic E-state index is -0.794. The second-order valence-electron chi connectivity index (χ2n) is 8.18. The van der Waals surface area contributed by atoms with Crippen LogP contribution < -0.4 is 9.47 Å². The van der Waals surface area contributed by atoms with Crippen LogP contribution in [0.4, 0.5) is 0 Å². The van der Waals surface area contributed by atoms with Crippen LogP contribution in [0.25, 0.3) is 5.76 Å². The number of phenolic OH excluding ortho intramolecular Hbond substituents is 1. The number of aliphatic hydroxyl groups excluding tert-OH is 1. The van der Waals surface area contributed by atoms with Gasteiger partial charge < -0.3 is 24.6 Å². The minimum absolute atomic E-state index is 0.000397. The number of hydrogen-bond acceptors (Lipinski definition) is 6. The number of Topliss-reactive ketones (excluding diaryl/α,β-unsaturated/α-hetero) is 1. The zero-order valence-corrected chi connectivity index (χ0v) is 18.3. The Morgan fingerprint density at radius 3 is 2.35 bits per heavy atom. The quantitative estimate of drug-likeness (QED) is 0.344. The highest BCUT2D eigenvalue weighted by Gasteiger charge is 2.45. The first kappa shape index (κ1) is 21.6. The molecule has 1 amide bonds. The Hall–Kier alpha value is -4.26. The number of aliphatic hydroxyl groups is 1. The Kier molecular flexibility index (Phi) is 5.67. The van der Waals surface area contributed by atoms with Gasteiger partial charge in [-0.05, 0) is 47.9 Å². The average Bonchev–Trinajstić information content (AvgIpc) is 3.12. The topological polar surface area (TPSA) is 96.3 Å². The van der Waals surface area contributed by atoms with Crippen molar-refractivity contribution in [2.45, 2.75) is 12.5 Å². The molecule has 34 heavy (non-hydrogen) atoms. The number of ether oxygens (including phenoxy) is 2. The van der Waals surface area contributed by atoms with Crippen molar-refractivity contribution in [1.82, 2.24) is 4.90 Å². The van der Waals surface area contributed by atoms with E-state index in [2.05, 4.69) is 0 Å². The number of carbonyl (C=O) groups is 2. The highest BCUT2D eigenvalue weighted by atomic mass is 16.6. The summed E-state index contributed by atoms with van der Waals surface area (Å²) >= 11 is 0. The standard InChI is InChI=1S/C27H23NO6/c29-20-9-6-18(7-10-20)24-23(25(30)19-8-11-21-22(16-19)34-15-14-33-21)26(31)27(32)28(24)13-12-17-4-2-1-3-5-17/h1-11,16,24,29-30H,12-15H2/b25-23+/t24-/m0/s1. The molecule has 1 atom stereocenters. The number of hydrogen-bond donors (Lipinski definition) is 2. The number of nitrogens with zero attached hydrogens (tertiary/aromatic N) is 1. The number of carbonyl (C=O) groups excluding carboxylic acids is 2. The first-order valence-electron chi connectivity index (χ1n) is 11.0. The summed E-state index contributed by atoms with van der Waals surface area (Å²) < 4.78 is 11.1. The fraction of sp³-hybridized carbons (Fsp3) is 0.185. The summed E-state index contributed by atoms with van der Waals surface area (Å²) in [6.07, 6.45) is 0.548. The molecule has 0 radical (unpaired) electrons. The maximum absolute atomic E-state index is 13.2. The SMILES string of the molecule is O=C1C(=O)N(CCc2ccccc2)[C@@H](c2ccc(O)cc2)/C1=C(\O)c1ccc2c(c1)OCCO2. The fourth-order valence-electron chi connectivity index (χ4n) is 4.35. The van der Waals surface area contributed by atoms with Crippen LogP contribution in [0.3, 0.4) is 0 Å². The maximum atomic E-state index is 13.2. The molecule has 5 rings (SSSR count). The molecule has 1 saturated heterocycles. The lowest BCUT2D eigenvalue weighted by atomic mass is 9.95.